The molecule has 1 aliphatic heterocycles. The zero-order valence-electron chi connectivity index (χ0n) is 17.2. The predicted octanol–water partition coefficient (Wildman–Crippen LogP) is -2.87. The number of aromatic amines is 1. The lowest BCUT2D eigenvalue weighted by atomic mass is 10.1. The first-order chi connectivity index (χ1) is 15.1. The molecule has 0 saturated carbocycles. The monoisotopic (exact) mass is 469 g/mol. The number of carbonyl (C=O) groups excluding carboxylic acids is 4. The average Bonchev–Trinajstić information content (AvgIpc) is 3.41. The van der Waals surface area contributed by atoms with Crippen LogP contribution in [0.5, 0.6) is 0 Å². The molecule has 1 aromatic heterocycles. The van der Waals surface area contributed by atoms with E-state index in [1.165, 1.54) is 17.4 Å². The topological polar surface area (TPSA) is 214 Å². The van der Waals surface area contributed by atoms with Gasteiger partial charge in [0.05, 0.1) is 18.8 Å². The van der Waals surface area contributed by atoms with E-state index in [1.54, 1.807) is 0 Å². The summed E-state index contributed by atoms with van der Waals surface area (Å²) in [5.41, 5.74) is 11.3. The van der Waals surface area contributed by atoms with E-state index in [0.29, 0.717) is 18.5 Å². The average molecular weight is 470 g/mol. The van der Waals surface area contributed by atoms with Crippen LogP contribution in [0.1, 0.15) is 25.0 Å². The largest absolute Gasteiger partial charge is 0.480 e. The number of hydrogen-bond donors (Lipinski definition) is 7. The second-order valence-corrected chi connectivity index (χ2v) is 7.76. The first-order valence-corrected chi connectivity index (χ1v) is 10.5. The lowest BCUT2D eigenvalue weighted by molar-refractivity contribution is -0.144. The van der Waals surface area contributed by atoms with Gasteiger partial charge in [0, 0.05) is 30.6 Å². The zero-order chi connectivity index (χ0) is 23.8. The molecule has 4 amide bonds. The van der Waals surface area contributed by atoms with E-state index < -0.39 is 60.2 Å². The Morgan fingerprint density at radius 1 is 1.28 bits per heavy atom. The van der Waals surface area contributed by atoms with Crippen molar-refractivity contribution >= 4 is 42.2 Å². The van der Waals surface area contributed by atoms with Crippen molar-refractivity contribution in [1.82, 2.24) is 25.5 Å². The number of hydrogen-bond acceptors (Lipinski definition) is 8. The van der Waals surface area contributed by atoms with Crippen LogP contribution >= 0.6 is 12.6 Å². The van der Waals surface area contributed by atoms with Crippen LogP contribution in [-0.4, -0.2) is 86.0 Å². The third kappa shape index (κ3) is 6.68. The summed E-state index contributed by atoms with van der Waals surface area (Å²) in [7, 11) is 0. The Kier molecular flexibility index (Phi) is 9.02. The summed E-state index contributed by atoms with van der Waals surface area (Å²) in [6.45, 7) is 0.248. The van der Waals surface area contributed by atoms with E-state index in [2.05, 4.69) is 33.2 Å². The van der Waals surface area contributed by atoms with Gasteiger partial charge in [-0.1, -0.05) is 0 Å². The molecule has 1 aromatic rings. The lowest BCUT2D eigenvalue weighted by Crippen LogP contribution is -2.57. The molecule has 0 bridgehead atoms. The molecule has 1 saturated heterocycles. The summed E-state index contributed by atoms with van der Waals surface area (Å²) >= 11 is 3.92. The number of aromatic nitrogens is 2. The molecule has 2 rings (SSSR count). The molecule has 4 unspecified atom stereocenters. The number of thiol groups is 1. The molecule has 0 spiro atoms. The smallest absolute Gasteiger partial charge is 0.327 e. The van der Waals surface area contributed by atoms with Crippen molar-refractivity contribution in [1.29, 1.82) is 0 Å². The van der Waals surface area contributed by atoms with Crippen molar-refractivity contribution in [3.05, 3.63) is 18.2 Å². The van der Waals surface area contributed by atoms with E-state index in [0.717, 1.165) is 0 Å². The van der Waals surface area contributed by atoms with Gasteiger partial charge < -0.3 is 37.1 Å². The Labute approximate surface area is 189 Å². The van der Waals surface area contributed by atoms with Crippen molar-refractivity contribution in [2.24, 2.45) is 11.5 Å². The molecule has 4 atom stereocenters. The van der Waals surface area contributed by atoms with E-state index in [9.17, 15) is 24.0 Å². The van der Waals surface area contributed by atoms with Gasteiger partial charge in [-0.05, 0) is 12.8 Å². The molecule has 8 N–H and O–H groups in total. The number of nitrogens with two attached hydrogens (primary N) is 2. The molecule has 14 heteroatoms. The number of carboxylic acids is 1. The number of likely N-dealkylation sites (tertiary alicyclic amines) is 1. The SMILES string of the molecule is NC(=O)CC(N)C(=O)NC(Cc1cnc[nH]1)C(=O)N1CCCC1C(=O)NC(CS)C(=O)O. The minimum atomic E-state index is -1.24. The van der Waals surface area contributed by atoms with Gasteiger partial charge >= 0.3 is 5.97 Å². The summed E-state index contributed by atoms with van der Waals surface area (Å²) in [5, 5.41) is 14.0. The highest BCUT2D eigenvalue weighted by atomic mass is 32.1. The van der Waals surface area contributed by atoms with Gasteiger partial charge in [-0.25, -0.2) is 9.78 Å². The first kappa shape index (κ1) is 25.1. The van der Waals surface area contributed by atoms with Crippen LogP contribution in [0, 0.1) is 0 Å². The first-order valence-electron chi connectivity index (χ1n) is 9.90. The number of nitrogens with zero attached hydrogens (tertiary/aromatic N) is 2. The standard InChI is InChI=1S/C18H27N7O6S/c19-10(5-14(20)26)15(27)23-11(4-9-6-21-8-22-9)17(29)25-3-1-2-13(25)16(28)24-12(7-32)18(30)31/h6,8,10-13,32H,1-5,7,19H2,(H2,20,26)(H,21,22)(H,23,27)(H,24,28)(H,30,31). The van der Waals surface area contributed by atoms with Crippen molar-refractivity contribution in [3.63, 3.8) is 0 Å². The van der Waals surface area contributed by atoms with Crippen LogP contribution in [0.25, 0.3) is 0 Å². The van der Waals surface area contributed by atoms with Crippen molar-refractivity contribution < 1.29 is 29.1 Å². The van der Waals surface area contributed by atoms with E-state index in [4.69, 9.17) is 16.6 Å². The molecular weight excluding hydrogens is 442 g/mol. The molecule has 32 heavy (non-hydrogen) atoms. The van der Waals surface area contributed by atoms with Gasteiger partial charge in [0.1, 0.15) is 18.1 Å². The number of amides is 4. The van der Waals surface area contributed by atoms with Crippen LogP contribution in [-0.2, 0) is 30.4 Å². The number of nitrogens with one attached hydrogen (secondary N) is 3. The predicted molar refractivity (Wildman–Crippen MR) is 114 cm³/mol. The van der Waals surface area contributed by atoms with Crippen LogP contribution in [0.2, 0.25) is 0 Å². The number of primary amides is 1. The summed E-state index contributed by atoms with van der Waals surface area (Å²) < 4.78 is 0. The fraction of sp³-hybridized carbons (Fsp3) is 0.556. The van der Waals surface area contributed by atoms with Crippen LogP contribution in [0.4, 0.5) is 0 Å². The number of H-pyrrole nitrogens is 1. The zero-order valence-corrected chi connectivity index (χ0v) is 18.1. The summed E-state index contributed by atoms with van der Waals surface area (Å²) in [6.07, 6.45) is 3.39. The molecular formula is C18H27N7O6S. The number of carboxylic acid groups (broad SMARTS) is 1. The maximum absolute atomic E-state index is 13.3. The molecule has 13 nitrogen and oxygen atoms in total. The van der Waals surface area contributed by atoms with Crippen LogP contribution in [0.3, 0.4) is 0 Å². The van der Waals surface area contributed by atoms with Gasteiger partial charge in [-0.2, -0.15) is 12.6 Å². The van der Waals surface area contributed by atoms with E-state index in [1.807, 2.05) is 0 Å². The Morgan fingerprint density at radius 2 is 2.00 bits per heavy atom. The minimum Gasteiger partial charge on any atom is -0.480 e. The number of carbonyl (C=O) groups is 5. The van der Waals surface area contributed by atoms with Crippen LogP contribution in [0.15, 0.2) is 12.5 Å². The highest BCUT2D eigenvalue weighted by Crippen LogP contribution is 2.20. The van der Waals surface area contributed by atoms with Gasteiger partial charge in [0.2, 0.25) is 23.6 Å². The van der Waals surface area contributed by atoms with Gasteiger partial charge in [-0.15, -0.1) is 0 Å². The Balaban J connectivity index is 2.17. The lowest BCUT2D eigenvalue weighted by Gasteiger charge is -2.29. The summed E-state index contributed by atoms with van der Waals surface area (Å²) in [4.78, 5) is 68.6. The number of rotatable bonds is 11. The molecule has 1 fully saturated rings. The van der Waals surface area contributed by atoms with Crippen molar-refractivity contribution in [2.75, 3.05) is 12.3 Å². The molecule has 1 aliphatic rings. The third-order valence-electron chi connectivity index (χ3n) is 4.99. The van der Waals surface area contributed by atoms with Crippen LogP contribution < -0.4 is 22.1 Å². The van der Waals surface area contributed by atoms with Crippen molar-refractivity contribution in [3.8, 4) is 0 Å². The van der Waals surface area contributed by atoms with Gasteiger partial charge in [0.15, 0.2) is 0 Å². The van der Waals surface area contributed by atoms with E-state index in [-0.39, 0.29) is 18.7 Å². The molecule has 0 aliphatic carbocycles. The maximum Gasteiger partial charge on any atom is 0.327 e. The summed E-state index contributed by atoms with van der Waals surface area (Å²) in [6, 6.07) is -4.44. The number of imidazole rings is 1. The number of aliphatic carboxylic acids is 1. The minimum absolute atomic E-state index is 0.0348. The fourth-order valence-electron chi connectivity index (χ4n) is 3.36. The van der Waals surface area contributed by atoms with E-state index >= 15 is 0 Å². The van der Waals surface area contributed by atoms with Gasteiger partial charge in [-0.3, -0.25) is 19.2 Å². The maximum atomic E-state index is 13.3. The highest BCUT2D eigenvalue weighted by molar-refractivity contribution is 7.80. The Hall–Kier alpha value is -3.13. The molecule has 2 heterocycles. The highest BCUT2D eigenvalue weighted by Gasteiger charge is 2.39. The normalized spacial score (nSPS) is 18.4. The Bertz CT molecular complexity index is 849. The third-order valence-corrected chi connectivity index (χ3v) is 5.35. The second kappa shape index (κ2) is 11.5. The quantitative estimate of drug-likeness (QED) is 0.167. The Morgan fingerprint density at radius 3 is 2.56 bits per heavy atom. The second-order valence-electron chi connectivity index (χ2n) is 7.39. The molecule has 0 aromatic carbocycles. The molecule has 0 radical (unpaired) electrons. The summed E-state index contributed by atoms with van der Waals surface area (Å²) in [5.74, 6) is -4.03. The molecule has 176 valence electrons. The van der Waals surface area contributed by atoms with Crippen molar-refractivity contribution in [2.45, 2.75) is 49.9 Å². The van der Waals surface area contributed by atoms with Gasteiger partial charge in [0.25, 0.3) is 0 Å². The fourth-order valence-corrected chi connectivity index (χ4v) is 3.61.